The SMILES string of the molecule is CCN(C(=O)NC(CC(=O)N[C@H](C(=O)C1C(=O)NC(=O)[C@H]1C)C(C)C)c1ccccc1)c1ccccc1. The van der Waals surface area contributed by atoms with E-state index in [2.05, 4.69) is 16.0 Å². The predicted octanol–water partition coefficient (Wildman–Crippen LogP) is 2.97. The van der Waals surface area contributed by atoms with Gasteiger partial charge in [-0.1, -0.05) is 69.3 Å². The lowest BCUT2D eigenvalue weighted by atomic mass is 9.85. The first-order chi connectivity index (χ1) is 17.6. The van der Waals surface area contributed by atoms with Crippen LogP contribution < -0.4 is 20.9 Å². The second-order valence-electron chi connectivity index (χ2n) is 9.51. The third-order valence-electron chi connectivity index (χ3n) is 6.56. The van der Waals surface area contributed by atoms with Crippen molar-refractivity contribution in [1.82, 2.24) is 16.0 Å². The molecule has 3 N–H and O–H groups in total. The number of Topliss-reactive ketones (excluding diaryl/α,β-unsaturated/α-hetero) is 1. The fourth-order valence-corrected chi connectivity index (χ4v) is 4.46. The number of rotatable bonds is 10. The summed E-state index contributed by atoms with van der Waals surface area (Å²) in [7, 11) is 0. The van der Waals surface area contributed by atoms with Gasteiger partial charge in [-0.15, -0.1) is 0 Å². The molecule has 1 saturated heterocycles. The number of imide groups is 1. The van der Waals surface area contributed by atoms with Crippen LogP contribution in [-0.4, -0.2) is 42.1 Å². The molecule has 0 aromatic heterocycles. The molecule has 5 amide bonds. The second-order valence-corrected chi connectivity index (χ2v) is 9.51. The van der Waals surface area contributed by atoms with E-state index in [9.17, 15) is 24.0 Å². The highest BCUT2D eigenvalue weighted by Gasteiger charge is 2.46. The summed E-state index contributed by atoms with van der Waals surface area (Å²) in [4.78, 5) is 65.3. The van der Waals surface area contributed by atoms with E-state index in [0.29, 0.717) is 6.54 Å². The minimum absolute atomic E-state index is 0.121. The first-order valence-corrected chi connectivity index (χ1v) is 12.5. The molecule has 4 atom stereocenters. The van der Waals surface area contributed by atoms with Gasteiger partial charge in [0.05, 0.1) is 24.4 Å². The number of para-hydroxylation sites is 1. The Balaban J connectivity index is 1.77. The fraction of sp³-hybridized carbons (Fsp3) is 0.393. The number of benzene rings is 2. The van der Waals surface area contributed by atoms with Crippen molar-refractivity contribution in [2.75, 3.05) is 11.4 Å². The summed E-state index contributed by atoms with van der Waals surface area (Å²) >= 11 is 0. The Kier molecular flexibility index (Phi) is 9.16. The predicted molar refractivity (Wildman–Crippen MR) is 139 cm³/mol. The zero-order chi connectivity index (χ0) is 27.1. The molecule has 9 nitrogen and oxygen atoms in total. The molecule has 1 aliphatic rings. The van der Waals surface area contributed by atoms with Crippen molar-refractivity contribution in [3.63, 3.8) is 0 Å². The van der Waals surface area contributed by atoms with E-state index in [1.165, 1.54) is 6.92 Å². The van der Waals surface area contributed by atoms with Crippen LogP contribution in [0.1, 0.15) is 45.7 Å². The van der Waals surface area contributed by atoms with Gasteiger partial charge in [-0.05, 0) is 30.5 Å². The third-order valence-corrected chi connectivity index (χ3v) is 6.56. The van der Waals surface area contributed by atoms with Gasteiger partial charge in [-0.3, -0.25) is 29.4 Å². The Bertz CT molecular complexity index is 1140. The molecule has 0 spiro atoms. The van der Waals surface area contributed by atoms with Gasteiger partial charge in [0.2, 0.25) is 17.7 Å². The van der Waals surface area contributed by atoms with Gasteiger partial charge in [0.25, 0.3) is 0 Å². The van der Waals surface area contributed by atoms with E-state index in [-0.39, 0.29) is 18.4 Å². The van der Waals surface area contributed by atoms with Gasteiger partial charge in [0, 0.05) is 12.2 Å². The van der Waals surface area contributed by atoms with Crippen molar-refractivity contribution in [2.45, 2.75) is 46.2 Å². The Morgan fingerprint density at radius 2 is 1.51 bits per heavy atom. The number of nitrogens with one attached hydrogen (secondary N) is 3. The molecular formula is C28H34N4O5. The highest BCUT2D eigenvalue weighted by molar-refractivity contribution is 6.16. The van der Waals surface area contributed by atoms with Crippen molar-refractivity contribution in [2.24, 2.45) is 17.8 Å². The number of hydrogen-bond acceptors (Lipinski definition) is 5. The number of urea groups is 1. The number of carbonyl (C=O) groups is 5. The van der Waals surface area contributed by atoms with E-state index in [4.69, 9.17) is 0 Å². The number of carbonyl (C=O) groups excluding carboxylic acids is 5. The maximum atomic E-state index is 13.2. The molecule has 2 unspecified atom stereocenters. The van der Waals surface area contributed by atoms with E-state index in [0.717, 1.165) is 11.3 Å². The summed E-state index contributed by atoms with van der Waals surface area (Å²) < 4.78 is 0. The average molecular weight is 507 g/mol. The molecule has 1 aliphatic heterocycles. The van der Waals surface area contributed by atoms with Gasteiger partial charge in [0.1, 0.15) is 5.92 Å². The highest BCUT2D eigenvalue weighted by Crippen LogP contribution is 2.24. The first kappa shape index (κ1) is 27.6. The van der Waals surface area contributed by atoms with Crippen molar-refractivity contribution in [3.05, 3.63) is 66.2 Å². The molecule has 2 aromatic rings. The Morgan fingerprint density at radius 3 is 2.03 bits per heavy atom. The van der Waals surface area contributed by atoms with Crippen molar-refractivity contribution >= 4 is 35.2 Å². The largest absolute Gasteiger partial charge is 0.346 e. The molecule has 1 fully saturated rings. The molecule has 0 saturated carbocycles. The van der Waals surface area contributed by atoms with Crippen LogP contribution in [-0.2, 0) is 19.2 Å². The van der Waals surface area contributed by atoms with Gasteiger partial charge < -0.3 is 10.6 Å². The minimum atomic E-state index is -1.14. The second kappa shape index (κ2) is 12.3. The number of amides is 5. The normalized spacial score (nSPS) is 18.6. The highest BCUT2D eigenvalue weighted by atomic mass is 16.2. The molecular weight excluding hydrogens is 472 g/mol. The lowest BCUT2D eigenvalue weighted by molar-refractivity contribution is -0.137. The minimum Gasteiger partial charge on any atom is -0.346 e. The lowest BCUT2D eigenvalue weighted by Gasteiger charge is -2.28. The quantitative estimate of drug-likeness (QED) is 0.338. The van der Waals surface area contributed by atoms with Crippen LogP contribution in [0.25, 0.3) is 0 Å². The lowest BCUT2D eigenvalue weighted by Crippen LogP contribution is -2.50. The molecule has 0 radical (unpaired) electrons. The Hall–Kier alpha value is -4.01. The zero-order valence-electron chi connectivity index (χ0n) is 21.6. The standard InChI is InChI=1S/C28H34N4O5/c1-5-32(20-14-10-7-11-15-20)28(37)29-21(19-12-8-6-9-13-19)16-22(33)30-24(17(2)3)25(34)23-18(4)26(35)31-27(23)36/h6-15,17-18,21,23-24H,5,16H2,1-4H3,(H,29,37)(H,30,33)(H,31,35,36)/t18-,21?,23?,24-/m0/s1. The van der Waals surface area contributed by atoms with Crippen LogP contribution in [0.2, 0.25) is 0 Å². The van der Waals surface area contributed by atoms with E-state index in [1.54, 1.807) is 18.7 Å². The van der Waals surface area contributed by atoms with Crippen molar-refractivity contribution in [1.29, 1.82) is 0 Å². The molecule has 1 heterocycles. The van der Waals surface area contributed by atoms with Crippen LogP contribution in [0.4, 0.5) is 10.5 Å². The van der Waals surface area contributed by atoms with Crippen LogP contribution >= 0.6 is 0 Å². The molecule has 2 aromatic carbocycles. The molecule has 3 rings (SSSR count). The third kappa shape index (κ3) is 6.61. The molecule has 9 heteroatoms. The number of hydrogen-bond donors (Lipinski definition) is 3. The van der Waals surface area contributed by atoms with Gasteiger partial charge in [0.15, 0.2) is 5.78 Å². The van der Waals surface area contributed by atoms with Gasteiger partial charge >= 0.3 is 6.03 Å². The van der Waals surface area contributed by atoms with E-state index in [1.807, 2.05) is 67.6 Å². The topological polar surface area (TPSA) is 125 Å². The summed E-state index contributed by atoms with van der Waals surface area (Å²) in [5.74, 6) is -4.35. The average Bonchev–Trinajstić information content (AvgIpc) is 3.14. The maximum Gasteiger partial charge on any atom is 0.322 e. The van der Waals surface area contributed by atoms with Crippen molar-refractivity contribution < 1.29 is 24.0 Å². The van der Waals surface area contributed by atoms with Crippen molar-refractivity contribution in [3.8, 4) is 0 Å². The Labute approximate surface area is 217 Å². The van der Waals surface area contributed by atoms with Crippen LogP contribution in [0.15, 0.2) is 60.7 Å². The van der Waals surface area contributed by atoms with Gasteiger partial charge in [-0.2, -0.15) is 0 Å². The van der Waals surface area contributed by atoms with E-state index < -0.39 is 47.4 Å². The summed E-state index contributed by atoms with van der Waals surface area (Å²) in [5, 5.41) is 7.89. The number of ketones is 1. The molecule has 0 bridgehead atoms. The zero-order valence-corrected chi connectivity index (χ0v) is 21.6. The Morgan fingerprint density at radius 1 is 0.919 bits per heavy atom. The molecule has 0 aliphatic carbocycles. The van der Waals surface area contributed by atoms with Gasteiger partial charge in [-0.25, -0.2) is 4.79 Å². The molecule has 37 heavy (non-hydrogen) atoms. The maximum absolute atomic E-state index is 13.2. The number of nitrogens with zero attached hydrogens (tertiary/aromatic N) is 1. The summed E-state index contributed by atoms with van der Waals surface area (Å²) in [5.41, 5.74) is 1.46. The number of anilines is 1. The summed E-state index contributed by atoms with van der Waals surface area (Å²) in [6, 6.07) is 16.3. The smallest absolute Gasteiger partial charge is 0.322 e. The van der Waals surface area contributed by atoms with Crippen LogP contribution in [0.5, 0.6) is 0 Å². The first-order valence-electron chi connectivity index (χ1n) is 12.5. The van der Waals surface area contributed by atoms with E-state index >= 15 is 0 Å². The summed E-state index contributed by atoms with van der Waals surface area (Å²) in [6.45, 7) is 7.33. The fourth-order valence-electron chi connectivity index (χ4n) is 4.46. The molecule has 196 valence electrons. The van der Waals surface area contributed by atoms with Crippen LogP contribution in [0, 0.1) is 17.8 Å². The summed E-state index contributed by atoms with van der Waals surface area (Å²) in [6.07, 6.45) is -0.121. The monoisotopic (exact) mass is 506 g/mol. The van der Waals surface area contributed by atoms with Crippen LogP contribution in [0.3, 0.4) is 0 Å².